The fraction of sp³-hybridized carbons (Fsp3) is 0.364. The molecule has 1 aromatic carbocycles. The number of ether oxygens (including phenoxy) is 2. The predicted octanol–water partition coefficient (Wildman–Crippen LogP) is 4.32. The third kappa shape index (κ3) is 4.48. The van der Waals surface area contributed by atoms with Crippen LogP contribution < -0.4 is 25.4 Å². The lowest BCUT2D eigenvalue weighted by Crippen LogP contribution is -2.31. The Morgan fingerprint density at radius 1 is 1.43 bits per heavy atom. The van der Waals surface area contributed by atoms with Crippen molar-refractivity contribution in [1.29, 1.82) is 0 Å². The van der Waals surface area contributed by atoms with Crippen LogP contribution in [-0.4, -0.2) is 25.1 Å². The van der Waals surface area contributed by atoms with Gasteiger partial charge in [-0.15, -0.1) is 0 Å². The lowest BCUT2D eigenvalue weighted by Gasteiger charge is -2.28. The van der Waals surface area contributed by atoms with Crippen molar-refractivity contribution in [3.05, 3.63) is 52.8 Å². The van der Waals surface area contributed by atoms with Crippen molar-refractivity contribution in [1.82, 2.24) is 10.6 Å². The van der Waals surface area contributed by atoms with Gasteiger partial charge in [0.15, 0.2) is 11.5 Å². The highest BCUT2D eigenvalue weighted by Crippen LogP contribution is 2.43. The summed E-state index contributed by atoms with van der Waals surface area (Å²) in [5.74, 6) is 0.442. The molecule has 30 heavy (non-hydrogen) atoms. The van der Waals surface area contributed by atoms with Crippen molar-refractivity contribution < 1.29 is 18.7 Å². The largest absolute Gasteiger partial charge is 0.494 e. The number of likely N-dealkylation sites (N-methyl/N-ethyl adjacent to an activating group) is 1. The molecule has 1 aliphatic carbocycles. The Bertz CT molecular complexity index is 960. The Hall–Kier alpha value is -2.87. The molecule has 8 heteroatoms. The fourth-order valence-electron chi connectivity index (χ4n) is 3.15. The van der Waals surface area contributed by atoms with E-state index in [1.807, 2.05) is 13.0 Å². The molecule has 0 saturated heterocycles. The molecule has 3 rings (SSSR count). The fourth-order valence-corrected chi connectivity index (χ4v) is 3.50. The molecule has 0 atom stereocenters. The summed E-state index contributed by atoms with van der Waals surface area (Å²) in [6.45, 7) is 3.21. The first-order valence-corrected chi connectivity index (χ1v) is 10.3. The van der Waals surface area contributed by atoms with Gasteiger partial charge in [0.2, 0.25) is 0 Å². The van der Waals surface area contributed by atoms with Crippen LogP contribution in [0.15, 0.2) is 52.8 Å². The Balaban J connectivity index is 2.16. The third-order valence-electron chi connectivity index (χ3n) is 4.80. The zero-order valence-electron chi connectivity index (χ0n) is 17.5. The van der Waals surface area contributed by atoms with Crippen LogP contribution in [0.2, 0.25) is 0 Å². The molecule has 1 aliphatic heterocycles. The van der Waals surface area contributed by atoms with E-state index in [0.29, 0.717) is 46.0 Å². The number of methoxy groups -OCH3 is 1. The van der Waals surface area contributed by atoms with E-state index in [1.165, 1.54) is 21.1 Å². The number of thiocarbonyl (C=S) groups is 1. The molecule has 1 saturated carbocycles. The first-order valence-electron chi connectivity index (χ1n) is 9.87. The summed E-state index contributed by atoms with van der Waals surface area (Å²) in [4.78, 5) is 13.3. The molecule has 1 amide bonds. The van der Waals surface area contributed by atoms with Crippen molar-refractivity contribution in [2.45, 2.75) is 33.1 Å². The summed E-state index contributed by atoms with van der Waals surface area (Å²) in [6, 6.07) is 5.33. The number of anilines is 1. The van der Waals surface area contributed by atoms with Gasteiger partial charge >= 0.3 is 0 Å². The van der Waals surface area contributed by atoms with Gasteiger partial charge in [-0.2, -0.15) is 0 Å². The highest BCUT2D eigenvalue weighted by atomic mass is 32.1. The minimum Gasteiger partial charge on any atom is -0.494 e. The van der Waals surface area contributed by atoms with E-state index >= 15 is 0 Å². The SMILES string of the molecule is CC/C=C(\NC(=S)C1CC1)C1=C(/C(C(=O)NC)=C(\C)F)Nc2c(OC)cccc2O1. The molecule has 160 valence electrons. The number of amides is 1. The average Bonchev–Trinajstić information content (AvgIpc) is 3.57. The maximum atomic E-state index is 14.6. The number of allylic oxidation sites excluding steroid dienone is 2. The highest BCUT2D eigenvalue weighted by Gasteiger charge is 2.33. The molecule has 0 unspecified atom stereocenters. The zero-order chi connectivity index (χ0) is 21.8. The number of fused-ring (bicyclic) bond motifs is 1. The van der Waals surface area contributed by atoms with E-state index in [-0.39, 0.29) is 11.3 Å². The Labute approximate surface area is 181 Å². The average molecular weight is 432 g/mol. The smallest absolute Gasteiger partial charge is 0.255 e. The van der Waals surface area contributed by atoms with E-state index in [4.69, 9.17) is 21.7 Å². The number of carbonyl (C=O) groups excluding carboxylic acids is 1. The molecule has 2 aliphatic rings. The third-order valence-corrected chi connectivity index (χ3v) is 5.24. The van der Waals surface area contributed by atoms with Crippen LogP contribution in [0.3, 0.4) is 0 Å². The van der Waals surface area contributed by atoms with Crippen LogP contribution in [0.5, 0.6) is 11.5 Å². The number of carbonyl (C=O) groups is 1. The van der Waals surface area contributed by atoms with Crippen LogP contribution in [-0.2, 0) is 4.79 Å². The number of halogens is 1. The summed E-state index contributed by atoms with van der Waals surface area (Å²) >= 11 is 5.51. The van der Waals surface area contributed by atoms with Crippen molar-refractivity contribution in [3.63, 3.8) is 0 Å². The van der Waals surface area contributed by atoms with Crippen molar-refractivity contribution in [3.8, 4) is 11.5 Å². The maximum Gasteiger partial charge on any atom is 0.255 e. The maximum absolute atomic E-state index is 14.6. The zero-order valence-corrected chi connectivity index (χ0v) is 18.3. The summed E-state index contributed by atoms with van der Waals surface area (Å²) in [6.07, 6.45) is 4.69. The first-order chi connectivity index (χ1) is 14.4. The summed E-state index contributed by atoms with van der Waals surface area (Å²) in [7, 11) is 2.98. The molecule has 0 radical (unpaired) electrons. The molecule has 1 heterocycles. The van der Waals surface area contributed by atoms with Gasteiger partial charge in [-0.05, 0) is 38.3 Å². The van der Waals surface area contributed by atoms with E-state index in [2.05, 4.69) is 16.0 Å². The molecule has 3 N–H and O–H groups in total. The molecule has 6 nitrogen and oxygen atoms in total. The van der Waals surface area contributed by atoms with Crippen LogP contribution in [0.4, 0.5) is 10.1 Å². The van der Waals surface area contributed by atoms with Gasteiger partial charge in [0.25, 0.3) is 5.91 Å². The summed E-state index contributed by atoms with van der Waals surface area (Å²) in [5.41, 5.74) is 1.16. The lowest BCUT2D eigenvalue weighted by atomic mass is 10.0. The van der Waals surface area contributed by atoms with Crippen LogP contribution >= 0.6 is 12.2 Å². The second-order valence-corrected chi connectivity index (χ2v) is 7.48. The van der Waals surface area contributed by atoms with Gasteiger partial charge in [-0.1, -0.05) is 31.3 Å². The van der Waals surface area contributed by atoms with Gasteiger partial charge in [0.05, 0.1) is 29.1 Å². The summed E-state index contributed by atoms with van der Waals surface area (Å²) in [5, 5.41) is 8.91. The molecule has 1 aromatic rings. The molecular formula is C22H26FN3O3S. The molecule has 0 bridgehead atoms. The topological polar surface area (TPSA) is 71.6 Å². The standard InChI is InChI=1S/C22H26FN3O3S/c1-5-7-14(25-22(30)13-10-11-13)20-19(17(12(2)23)21(27)24-3)26-18-15(28-4)8-6-9-16(18)29-20/h6-9,13,26H,5,10-11H2,1-4H3,(H,24,27)(H,25,30)/b14-7-,17-12-. The molecular weight excluding hydrogens is 405 g/mol. The van der Waals surface area contributed by atoms with Gasteiger partial charge in [-0.3, -0.25) is 4.79 Å². The quantitative estimate of drug-likeness (QED) is 0.441. The minimum absolute atomic E-state index is 0.148. The molecule has 1 fully saturated rings. The van der Waals surface area contributed by atoms with Crippen molar-refractivity contribution in [2.24, 2.45) is 5.92 Å². The number of hydrogen-bond acceptors (Lipinski definition) is 5. The number of benzene rings is 1. The predicted molar refractivity (Wildman–Crippen MR) is 119 cm³/mol. The normalized spacial score (nSPS) is 16.6. The highest BCUT2D eigenvalue weighted by molar-refractivity contribution is 7.80. The van der Waals surface area contributed by atoms with E-state index < -0.39 is 11.7 Å². The minimum atomic E-state index is -0.642. The Morgan fingerprint density at radius 2 is 2.17 bits per heavy atom. The van der Waals surface area contributed by atoms with E-state index in [0.717, 1.165) is 12.8 Å². The Kier molecular flexibility index (Phi) is 6.77. The number of rotatable bonds is 7. The van der Waals surface area contributed by atoms with Gasteiger partial charge in [-0.25, -0.2) is 4.39 Å². The number of hydrogen-bond donors (Lipinski definition) is 3. The van der Waals surface area contributed by atoms with Crippen LogP contribution in [0.25, 0.3) is 0 Å². The molecule has 0 spiro atoms. The van der Waals surface area contributed by atoms with Gasteiger partial charge in [0.1, 0.15) is 17.3 Å². The lowest BCUT2D eigenvalue weighted by molar-refractivity contribution is -0.116. The van der Waals surface area contributed by atoms with Crippen LogP contribution in [0.1, 0.15) is 33.1 Å². The van der Waals surface area contributed by atoms with E-state index in [1.54, 1.807) is 18.2 Å². The van der Waals surface area contributed by atoms with Gasteiger partial charge in [0, 0.05) is 13.0 Å². The second-order valence-electron chi connectivity index (χ2n) is 7.04. The van der Waals surface area contributed by atoms with Gasteiger partial charge < -0.3 is 25.4 Å². The number of nitrogens with one attached hydrogen (secondary N) is 3. The van der Waals surface area contributed by atoms with Crippen molar-refractivity contribution >= 4 is 28.8 Å². The second kappa shape index (κ2) is 9.30. The monoisotopic (exact) mass is 431 g/mol. The van der Waals surface area contributed by atoms with E-state index in [9.17, 15) is 9.18 Å². The summed E-state index contributed by atoms with van der Waals surface area (Å²) < 4.78 is 26.2. The number of para-hydroxylation sites is 1. The van der Waals surface area contributed by atoms with Crippen molar-refractivity contribution in [2.75, 3.05) is 19.5 Å². The molecule has 0 aromatic heterocycles. The first kappa shape index (κ1) is 21.8. The Morgan fingerprint density at radius 3 is 2.73 bits per heavy atom. The van der Waals surface area contributed by atoms with Crippen LogP contribution in [0, 0.1) is 5.92 Å².